The maximum absolute atomic E-state index is 12.9. The Kier molecular flexibility index (Phi) is 5.21. The summed E-state index contributed by atoms with van der Waals surface area (Å²) in [5.74, 6) is 0.346. The van der Waals surface area contributed by atoms with Crippen LogP contribution in [0.15, 0.2) is 77.9 Å². The van der Waals surface area contributed by atoms with Crippen LogP contribution in [0.1, 0.15) is 11.1 Å². The predicted octanol–water partition coefficient (Wildman–Crippen LogP) is 4.07. The van der Waals surface area contributed by atoms with Gasteiger partial charge < -0.3 is 4.74 Å². The van der Waals surface area contributed by atoms with E-state index in [9.17, 15) is 19.3 Å². The summed E-state index contributed by atoms with van der Waals surface area (Å²) in [5.41, 5.74) is 1.61. The van der Waals surface area contributed by atoms with Crippen LogP contribution in [0.4, 0.5) is 10.1 Å². The lowest BCUT2D eigenvalue weighted by Gasteiger charge is -2.09. The third-order valence-electron chi connectivity index (χ3n) is 4.61. The smallest absolute Gasteiger partial charge is 0.270 e. The largest absolute Gasteiger partial charge is 0.489 e. The molecule has 0 saturated heterocycles. The second-order valence-corrected chi connectivity index (χ2v) is 6.70. The highest BCUT2D eigenvalue weighted by Crippen LogP contribution is 2.18. The highest BCUT2D eigenvalue weighted by molar-refractivity contribution is 5.79. The first-order valence-electron chi connectivity index (χ1n) is 9.09. The van der Waals surface area contributed by atoms with E-state index < -0.39 is 4.92 Å². The predicted molar refractivity (Wildman–Crippen MR) is 109 cm³/mol. The van der Waals surface area contributed by atoms with E-state index in [0.717, 1.165) is 11.1 Å². The number of hydrogen-bond donors (Lipinski definition) is 0. The topological polar surface area (TPSA) is 87.3 Å². The SMILES string of the molecule is O=c1c2cc([N+](=O)[O-])ccc2ncn1Cc1ccc(OCc2ccc(F)cc2)cc1. The summed E-state index contributed by atoms with van der Waals surface area (Å²) in [6.07, 6.45) is 1.43. The van der Waals surface area contributed by atoms with Gasteiger partial charge in [-0.15, -0.1) is 0 Å². The number of nitrogens with zero attached hydrogens (tertiary/aromatic N) is 3. The van der Waals surface area contributed by atoms with Crippen molar-refractivity contribution < 1.29 is 14.1 Å². The van der Waals surface area contributed by atoms with Gasteiger partial charge in [0.15, 0.2) is 0 Å². The molecule has 0 saturated carbocycles. The fourth-order valence-corrected chi connectivity index (χ4v) is 3.01. The van der Waals surface area contributed by atoms with Crippen molar-refractivity contribution in [3.05, 3.63) is 110 Å². The Morgan fingerprint density at radius 3 is 2.40 bits per heavy atom. The third kappa shape index (κ3) is 4.17. The van der Waals surface area contributed by atoms with Crippen LogP contribution in [0, 0.1) is 15.9 Å². The molecule has 1 heterocycles. The average molecular weight is 405 g/mol. The molecule has 150 valence electrons. The van der Waals surface area contributed by atoms with Gasteiger partial charge in [-0.1, -0.05) is 24.3 Å². The van der Waals surface area contributed by atoms with Crippen LogP contribution in [-0.2, 0) is 13.2 Å². The maximum atomic E-state index is 12.9. The minimum atomic E-state index is -0.541. The zero-order chi connectivity index (χ0) is 21.1. The van der Waals surface area contributed by atoms with Gasteiger partial charge >= 0.3 is 0 Å². The van der Waals surface area contributed by atoms with Crippen LogP contribution in [0.5, 0.6) is 5.75 Å². The van der Waals surface area contributed by atoms with Crippen LogP contribution in [0.3, 0.4) is 0 Å². The van der Waals surface area contributed by atoms with E-state index in [2.05, 4.69) is 4.98 Å². The third-order valence-corrected chi connectivity index (χ3v) is 4.61. The van der Waals surface area contributed by atoms with Crippen LogP contribution in [0.2, 0.25) is 0 Å². The van der Waals surface area contributed by atoms with Crippen molar-refractivity contribution in [2.75, 3.05) is 0 Å². The van der Waals surface area contributed by atoms with Crippen LogP contribution in [0.25, 0.3) is 10.9 Å². The first-order valence-corrected chi connectivity index (χ1v) is 9.09. The molecule has 3 aromatic carbocycles. The average Bonchev–Trinajstić information content (AvgIpc) is 2.76. The lowest BCUT2D eigenvalue weighted by Crippen LogP contribution is -2.21. The number of non-ortho nitro benzene ring substituents is 1. The number of rotatable bonds is 6. The second-order valence-electron chi connectivity index (χ2n) is 6.70. The lowest BCUT2D eigenvalue weighted by molar-refractivity contribution is -0.384. The normalized spacial score (nSPS) is 10.8. The molecule has 4 rings (SSSR count). The van der Waals surface area contributed by atoms with E-state index in [1.165, 1.54) is 41.2 Å². The first-order chi connectivity index (χ1) is 14.5. The molecule has 0 radical (unpaired) electrons. The minimum absolute atomic E-state index is 0.151. The molecular weight excluding hydrogens is 389 g/mol. The molecule has 4 aromatic rings. The summed E-state index contributed by atoms with van der Waals surface area (Å²) in [5, 5.41) is 11.2. The van der Waals surface area contributed by atoms with E-state index in [4.69, 9.17) is 4.74 Å². The molecule has 0 unspecified atom stereocenters. The van der Waals surface area contributed by atoms with E-state index in [0.29, 0.717) is 17.9 Å². The highest BCUT2D eigenvalue weighted by atomic mass is 19.1. The Hall–Kier alpha value is -4.07. The van der Waals surface area contributed by atoms with Crippen molar-refractivity contribution in [2.24, 2.45) is 0 Å². The zero-order valence-electron chi connectivity index (χ0n) is 15.7. The summed E-state index contributed by atoms with van der Waals surface area (Å²) < 4.78 is 20.0. The molecule has 0 atom stereocenters. The van der Waals surface area contributed by atoms with Gasteiger partial charge in [-0.05, 0) is 41.5 Å². The number of nitro benzene ring substituents is 1. The van der Waals surface area contributed by atoms with Gasteiger partial charge in [0.25, 0.3) is 11.2 Å². The summed E-state index contributed by atoms with van der Waals surface area (Å²) in [4.78, 5) is 27.4. The number of hydrogen-bond acceptors (Lipinski definition) is 5. The Labute approximate surface area is 170 Å². The van der Waals surface area contributed by atoms with Crippen LogP contribution < -0.4 is 10.3 Å². The van der Waals surface area contributed by atoms with Crippen molar-refractivity contribution >= 4 is 16.6 Å². The standard InChI is InChI=1S/C22H16FN3O4/c23-17-5-1-16(2-6-17)13-30-19-8-3-15(4-9-19)12-25-14-24-21-10-7-18(26(28)29)11-20(21)22(25)27/h1-11,14H,12-13H2. The van der Waals surface area contributed by atoms with Gasteiger partial charge in [0.1, 0.15) is 18.2 Å². The number of ether oxygens (including phenoxy) is 1. The summed E-state index contributed by atoms with van der Waals surface area (Å²) >= 11 is 0. The lowest BCUT2D eigenvalue weighted by atomic mass is 10.2. The Morgan fingerprint density at radius 2 is 1.70 bits per heavy atom. The second kappa shape index (κ2) is 8.12. The first kappa shape index (κ1) is 19.3. The Morgan fingerprint density at radius 1 is 1.00 bits per heavy atom. The van der Waals surface area contributed by atoms with Crippen molar-refractivity contribution in [2.45, 2.75) is 13.2 Å². The quantitative estimate of drug-likeness (QED) is 0.356. The van der Waals surface area contributed by atoms with E-state index in [1.807, 2.05) is 12.1 Å². The molecule has 1 aromatic heterocycles. The van der Waals surface area contributed by atoms with Crippen molar-refractivity contribution in [3.8, 4) is 5.75 Å². The molecule has 0 aliphatic rings. The Bertz CT molecular complexity index is 1270. The van der Waals surface area contributed by atoms with Gasteiger partial charge in [0, 0.05) is 12.1 Å². The number of benzene rings is 3. The van der Waals surface area contributed by atoms with Gasteiger partial charge in [0.05, 0.1) is 28.7 Å². The highest BCUT2D eigenvalue weighted by Gasteiger charge is 2.11. The number of aromatic nitrogens is 2. The number of fused-ring (bicyclic) bond motifs is 1. The molecule has 0 bridgehead atoms. The molecule has 30 heavy (non-hydrogen) atoms. The fraction of sp³-hybridized carbons (Fsp3) is 0.0909. The van der Waals surface area contributed by atoms with Gasteiger partial charge in [-0.3, -0.25) is 19.5 Å². The molecule has 7 nitrogen and oxygen atoms in total. The fourth-order valence-electron chi connectivity index (χ4n) is 3.01. The molecule has 8 heteroatoms. The Balaban J connectivity index is 1.49. The molecule has 0 amide bonds. The summed E-state index contributed by atoms with van der Waals surface area (Å²) in [6, 6.07) is 17.3. The summed E-state index contributed by atoms with van der Waals surface area (Å²) in [7, 11) is 0. The molecule has 0 spiro atoms. The molecule has 0 fully saturated rings. The summed E-state index contributed by atoms with van der Waals surface area (Å²) in [6.45, 7) is 0.579. The minimum Gasteiger partial charge on any atom is -0.489 e. The molecular formula is C22H16FN3O4. The molecule has 0 aliphatic heterocycles. The van der Waals surface area contributed by atoms with Gasteiger partial charge in [-0.2, -0.15) is 0 Å². The maximum Gasteiger partial charge on any atom is 0.270 e. The number of nitro groups is 1. The van der Waals surface area contributed by atoms with Crippen LogP contribution >= 0.6 is 0 Å². The van der Waals surface area contributed by atoms with Crippen molar-refractivity contribution in [3.63, 3.8) is 0 Å². The van der Waals surface area contributed by atoms with E-state index in [-0.39, 0.29) is 29.0 Å². The monoisotopic (exact) mass is 405 g/mol. The molecule has 0 N–H and O–H groups in total. The van der Waals surface area contributed by atoms with E-state index >= 15 is 0 Å². The van der Waals surface area contributed by atoms with Crippen LogP contribution in [-0.4, -0.2) is 14.5 Å². The van der Waals surface area contributed by atoms with E-state index in [1.54, 1.807) is 24.3 Å². The van der Waals surface area contributed by atoms with Crippen molar-refractivity contribution in [1.29, 1.82) is 0 Å². The van der Waals surface area contributed by atoms with Crippen molar-refractivity contribution in [1.82, 2.24) is 9.55 Å². The molecule has 0 aliphatic carbocycles. The van der Waals surface area contributed by atoms with Gasteiger partial charge in [-0.25, -0.2) is 9.37 Å². The number of halogens is 1. The van der Waals surface area contributed by atoms with Gasteiger partial charge in [0.2, 0.25) is 0 Å². The zero-order valence-corrected chi connectivity index (χ0v) is 15.7.